The molecule has 120 valence electrons. The van der Waals surface area contributed by atoms with Crippen LogP contribution in [0.15, 0.2) is 34.7 Å². The van der Waals surface area contributed by atoms with E-state index in [9.17, 15) is 9.18 Å². The van der Waals surface area contributed by atoms with Gasteiger partial charge in [-0.05, 0) is 42.5 Å². The highest BCUT2D eigenvalue weighted by molar-refractivity contribution is 7.12. The van der Waals surface area contributed by atoms with Crippen LogP contribution in [-0.2, 0) is 4.79 Å². The lowest BCUT2D eigenvalue weighted by Crippen LogP contribution is -2.26. The van der Waals surface area contributed by atoms with Crippen LogP contribution in [0, 0.1) is 19.7 Å². The maximum Gasteiger partial charge on any atom is 0.242 e. The van der Waals surface area contributed by atoms with E-state index in [1.54, 1.807) is 24.3 Å². The summed E-state index contributed by atoms with van der Waals surface area (Å²) in [4.78, 5) is 13.4. The van der Waals surface area contributed by atoms with Gasteiger partial charge in [0, 0.05) is 18.4 Å². The Kier molecular flexibility index (Phi) is 4.31. The summed E-state index contributed by atoms with van der Waals surface area (Å²) in [5.74, 6) is -0.359. The molecule has 1 aliphatic heterocycles. The van der Waals surface area contributed by atoms with E-state index < -0.39 is 0 Å². The number of hydrazone groups is 1. The third kappa shape index (κ3) is 2.93. The van der Waals surface area contributed by atoms with Crippen molar-refractivity contribution in [3.63, 3.8) is 0 Å². The molecule has 0 unspecified atom stereocenters. The summed E-state index contributed by atoms with van der Waals surface area (Å²) < 4.78 is 14.4. The van der Waals surface area contributed by atoms with Crippen molar-refractivity contribution in [3.8, 4) is 0 Å². The number of benzene rings is 1. The summed E-state index contributed by atoms with van der Waals surface area (Å²) in [6.07, 6.45) is 0.900. The highest BCUT2D eigenvalue weighted by Crippen LogP contribution is 2.36. The number of carbonyl (C=O) groups is 1. The SMILES string of the molecule is CCC(=O)N1N=C(c2sccc2C)C[C@@H]1c1ccc(C)cc1F. The fourth-order valence-corrected chi connectivity index (χ4v) is 3.77. The van der Waals surface area contributed by atoms with Crippen LogP contribution in [0.1, 0.15) is 47.4 Å². The zero-order valence-corrected chi connectivity index (χ0v) is 14.3. The minimum atomic E-state index is -0.362. The normalized spacial score (nSPS) is 17.5. The van der Waals surface area contributed by atoms with Gasteiger partial charge in [-0.25, -0.2) is 9.40 Å². The van der Waals surface area contributed by atoms with Crippen molar-refractivity contribution in [2.75, 3.05) is 0 Å². The molecule has 0 fully saturated rings. The zero-order valence-electron chi connectivity index (χ0n) is 13.5. The molecule has 0 bridgehead atoms. The lowest BCUT2D eigenvalue weighted by atomic mass is 9.98. The molecule has 1 aromatic heterocycles. The van der Waals surface area contributed by atoms with Crippen LogP contribution < -0.4 is 0 Å². The number of carbonyl (C=O) groups excluding carboxylic acids is 1. The number of thiophene rings is 1. The fraction of sp³-hybridized carbons (Fsp3) is 0.333. The summed E-state index contributed by atoms with van der Waals surface area (Å²) in [6.45, 7) is 5.68. The van der Waals surface area contributed by atoms with E-state index in [1.165, 1.54) is 11.1 Å². The Morgan fingerprint density at radius 3 is 2.78 bits per heavy atom. The Bertz CT molecular complexity index is 781. The first kappa shape index (κ1) is 15.9. The molecular formula is C18H19FN2OS. The minimum absolute atomic E-state index is 0.0841. The molecule has 1 amide bonds. The van der Waals surface area contributed by atoms with Crippen molar-refractivity contribution < 1.29 is 9.18 Å². The number of amides is 1. The molecule has 0 aliphatic carbocycles. The lowest BCUT2D eigenvalue weighted by molar-refractivity contribution is -0.132. The second kappa shape index (κ2) is 6.24. The number of nitrogens with zero attached hydrogens (tertiary/aromatic N) is 2. The zero-order chi connectivity index (χ0) is 16.6. The van der Waals surface area contributed by atoms with Crippen molar-refractivity contribution >= 4 is 23.0 Å². The van der Waals surface area contributed by atoms with Crippen molar-refractivity contribution in [1.29, 1.82) is 0 Å². The second-order valence-corrected chi connectivity index (χ2v) is 6.73. The Hall–Kier alpha value is -2.01. The number of halogens is 1. The van der Waals surface area contributed by atoms with Gasteiger partial charge >= 0.3 is 0 Å². The molecular weight excluding hydrogens is 311 g/mol. The van der Waals surface area contributed by atoms with Crippen LogP contribution in [0.4, 0.5) is 4.39 Å². The molecule has 2 heterocycles. The van der Waals surface area contributed by atoms with Gasteiger partial charge in [-0.2, -0.15) is 5.10 Å². The average molecular weight is 330 g/mol. The largest absolute Gasteiger partial charge is 0.273 e. The van der Waals surface area contributed by atoms with E-state index >= 15 is 0 Å². The van der Waals surface area contributed by atoms with Gasteiger partial charge in [-0.15, -0.1) is 11.3 Å². The van der Waals surface area contributed by atoms with E-state index in [0.29, 0.717) is 18.4 Å². The van der Waals surface area contributed by atoms with Crippen molar-refractivity contribution in [2.45, 2.75) is 39.7 Å². The number of hydrogen-bond donors (Lipinski definition) is 0. The van der Waals surface area contributed by atoms with E-state index in [2.05, 4.69) is 5.10 Å². The molecule has 0 spiro atoms. The topological polar surface area (TPSA) is 32.7 Å². The number of aryl methyl sites for hydroxylation is 2. The van der Waals surface area contributed by atoms with Crippen LogP contribution in [0.3, 0.4) is 0 Å². The van der Waals surface area contributed by atoms with Gasteiger partial charge in [0.2, 0.25) is 5.91 Å². The fourth-order valence-electron chi connectivity index (χ4n) is 2.85. The molecule has 1 atom stereocenters. The summed E-state index contributed by atoms with van der Waals surface area (Å²) >= 11 is 1.61. The molecule has 1 aliphatic rings. The molecule has 23 heavy (non-hydrogen) atoms. The Morgan fingerprint density at radius 1 is 1.39 bits per heavy atom. The van der Waals surface area contributed by atoms with Gasteiger partial charge < -0.3 is 0 Å². The summed E-state index contributed by atoms with van der Waals surface area (Å²) in [6, 6.07) is 6.83. The molecule has 5 heteroatoms. The second-order valence-electron chi connectivity index (χ2n) is 5.82. The van der Waals surface area contributed by atoms with E-state index in [4.69, 9.17) is 0 Å². The molecule has 3 rings (SSSR count). The van der Waals surface area contributed by atoms with E-state index in [-0.39, 0.29) is 17.8 Å². The molecule has 0 saturated carbocycles. The Balaban J connectivity index is 2.00. The molecule has 3 nitrogen and oxygen atoms in total. The Labute approximate surface area is 139 Å². The van der Waals surface area contributed by atoms with Gasteiger partial charge in [0.1, 0.15) is 5.82 Å². The molecule has 1 aromatic carbocycles. The standard InChI is InChI=1S/C18H19FN2OS/c1-4-17(22)21-16(13-6-5-11(2)9-14(13)19)10-15(20-21)18-12(3)7-8-23-18/h5-9,16H,4,10H2,1-3H3/t16-/m1/s1. The highest BCUT2D eigenvalue weighted by atomic mass is 32.1. The van der Waals surface area contributed by atoms with Crippen molar-refractivity contribution in [1.82, 2.24) is 5.01 Å². The highest BCUT2D eigenvalue weighted by Gasteiger charge is 2.34. The predicted molar refractivity (Wildman–Crippen MR) is 91.2 cm³/mol. The first-order chi connectivity index (χ1) is 11.0. The lowest BCUT2D eigenvalue weighted by Gasteiger charge is -2.22. The maximum absolute atomic E-state index is 14.4. The smallest absolute Gasteiger partial charge is 0.242 e. The first-order valence-corrected chi connectivity index (χ1v) is 8.59. The van der Waals surface area contributed by atoms with Gasteiger partial charge in [-0.3, -0.25) is 4.79 Å². The summed E-state index contributed by atoms with van der Waals surface area (Å²) in [7, 11) is 0. The van der Waals surface area contributed by atoms with Crippen LogP contribution >= 0.6 is 11.3 Å². The minimum Gasteiger partial charge on any atom is -0.273 e. The third-order valence-corrected chi connectivity index (χ3v) is 5.17. The summed E-state index contributed by atoms with van der Waals surface area (Å²) in [5, 5.41) is 8.00. The van der Waals surface area contributed by atoms with Gasteiger partial charge in [0.15, 0.2) is 0 Å². The third-order valence-electron chi connectivity index (χ3n) is 4.11. The monoisotopic (exact) mass is 330 g/mol. The van der Waals surface area contributed by atoms with E-state index in [1.807, 2.05) is 31.4 Å². The number of hydrogen-bond acceptors (Lipinski definition) is 3. The molecule has 0 saturated heterocycles. The quantitative estimate of drug-likeness (QED) is 0.810. The Morgan fingerprint density at radius 2 is 2.17 bits per heavy atom. The summed E-state index contributed by atoms with van der Waals surface area (Å²) in [5.41, 5.74) is 3.41. The average Bonchev–Trinajstić information content (AvgIpc) is 3.12. The maximum atomic E-state index is 14.4. The van der Waals surface area contributed by atoms with Crippen LogP contribution in [0.25, 0.3) is 0 Å². The number of rotatable bonds is 3. The van der Waals surface area contributed by atoms with Gasteiger partial charge in [0.25, 0.3) is 0 Å². The molecule has 0 N–H and O–H groups in total. The van der Waals surface area contributed by atoms with Crippen LogP contribution in [0.5, 0.6) is 0 Å². The molecule has 0 radical (unpaired) electrons. The molecule has 2 aromatic rings. The van der Waals surface area contributed by atoms with Crippen molar-refractivity contribution in [3.05, 3.63) is 57.0 Å². The van der Waals surface area contributed by atoms with E-state index in [0.717, 1.165) is 21.7 Å². The van der Waals surface area contributed by atoms with Crippen molar-refractivity contribution in [2.24, 2.45) is 5.10 Å². The van der Waals surface area contributed by atoms with Gasteiger partial charge in [0.05, 0.1) is 16.6 Å². The van der Waals surface area contributed by atoms with Gasteiger partial charge in [-0.1, -0.05) is 19.1 Å². The van der Waals surface area contributed by atoms with Crippen LogP contribution in [-0.4, -0.2) is 16.6 Å². The predicted octanol–water partition coefficient (Wildman–Crippen LogP) is 4.59. The first-order valence-electron chi connectivity index (χ1n) is 7.71. The van der Waals surface area contributed by atoms with Crippen LogP contribution in [0.2, 0.25) is 0 Å².